The number of methoxy groups -OCH3 is 1. The quantitative estimate of drug-likeness (QED) is 0.768. The third-order valence-electron chi connectivity index (χ3n) is 2.54. The molecule has 0 saturated heterocycles. The van der Waals surface area contributed by atoms with E-state index in [-0.39, 0.29) is 0 Å². The highest BCUT2D eigenvalue weighted by Gasteiger charge is 2.06. The van der Waals surface area contributed by atoms with Crippen molar-refractivity contribution in [1.29, 1.82) is 5.26 Å². The van der Waals surface area contributed by atoms with E-state index in [4.69, 9.17) is 10.00 Å². The monoisotopic (exact) mass is 212 g/mol. The predicted molar refractivity (Wildman–Crippen MR) is 62.4 cm³/mol. The summed E-state index contributed by atoms with van der Waals surface area (Å²) in [4.78, 5) is 4.49. The van der Waals surface area contributed by atoms with Gasteiger partial charge in [0.25, 0.3) is 0 Å². The largest absolute Gasteiger partial charge is 0.496 e. The van der Waals surface area contributed by atoms with E-state index in [1.807, 2.05) is 12.1 Å². The van der Waals surface area contributed by atoms with Crippen LogP contribution in [0.3, 0.4) is 0 Å². The first-order valence-electron chi connectivity index (χ1n) is 5.16. The molecule has 2 rings (SSSR count). The molecule has 0 saturated carbocycles. The lowest BCUT2D eigenvalue weighted by molar-refractivity contribution is 0.419. The number of benzene rings is 1. The Bertz CT molecular complexity index is 570. The van der Waals surface area contributed by atoms with Crippen LogP contribution in [0.15, 0.2) is 24.3 Å². The number of rotatable bonds is 2. The zero-order valence-corrected chi connectivity index (χ0v) is 9.32. The highest BCUT2D eigenvalue weighted by molar-refractivity contribution is 5.86. The van der Waals surface area contributed by atoms with Crippen molar-refractivity contribution >= 4 is 10.9 Å². The van der Waals surface area contributed by atoms with E-state index in [0.717, 1.165) is 28.8 Å². The molecule has 2 aromatic rings. The van der Waals surface area contributed by atoms with Gasteiger partial charge in [0.15, 0.2) is 0 Å². The highest BCUT2D eigenvalue weighted by Crippen LogP contribution is 2.26. The Balaban J connectivity index is 2.75. The van der Waals surface area contributed by atoms with Crippen molar-refractivity contribution in [3.63, 3.8) is 0 Å². The molecule has 0 spiro atoms. The maximum atomic E-state index is 8.85. The van der Waals surface area contributed by atoms with Gasteiger partial charge in [0.2, 0.25) is 0 Å². The summed E-state index contributed by atoms with van der Waals surface area (Å²) in [5, 5.41) is 9.74. The summed E-state index contributed by atoms with van der Waals surface area (Å²) in [5.41, 5.74) is 2.49. The van der Waals surface area contributed by atoms with Crippen molar-refractivity contribution in [2.24, 2.45) is 0 Å². The summed E-state index contributed by atoms with van der Waals surface area (Å²) < 4.78 is 5.32. The molecule has 0 amide bonds. The predicted octanol–water partition coefficient (Wildman–Crippen LogP) is 2.68. The average Bonchev–Trinajstić information content (AvgIpc) is 2.36. The van der Waals surface area contributed by atoms with Crippen LogP contribution in [0.25, 0.3) is 10.9 Å². The molecule has 0 aliphatic rings. The zero-order chi connectivity index (χ0) is 11.5. The van der Waals surface area contributed by atoms with Gasteiger partial charge in [-0.2, -0.15) is 5.26 Å². The molecule has 1 aromatic carbocycles. The number of aryl methyl sites for hydroxylation is 1. The minimum atomic E-state index is 0.622. The van der Waals surface area contributed by atoms with Crippen molar-refractivity contribution < 1.29 is 4.74 Å². The fraction of sp³-hybridized carbons (Fsp3) is 0.231. The third kappa shape index (κ3) is 1.70. The molecule has 0 N–H and O–H groups in total. The first kappa shape index (κ1) is 10.4. The minimum Gasteiger partial charge on any atom is -0.496 e. The molecule has 0 atom stereocenters. The lowest BCUT2D eigenvalue weighted by Crippen LogP contribution is -1.93. The Morgan fingerprint density at radius 1 is 1.38 bits per heavy atom. The minimum absolute atomic E-state index is 0.622. The first-order valence-corrected chi connectivity index (χ1v) is 5.16. The highest BCUT2D eigenvalue weighted by atomic mass is 16.5. The average molecular weight is 212 g/mol. The molecule has 1 aromatic heterocycles. The molecular formula is C13H12N2O. The Hall–Kier alpha value is -2.08. The van der Waals surface area contributed by atoms with Crippen LogP contribution in [0.2, 0.25) is 0 Å². The lowest BCUT2D eigenvalue weighted by Gasteiger charge is -2.07. The van der Waals surface area contributed by atoms with Gasteiger partial charge in [-0.25, -0.2) is 0 Å². The summed E-state index contributed by atoms with van der Waals surface area (Å²) in [6.07, 6.45) is 0.867. The molecule has 0 aliphatic heterocycles. The number of aromatic nitrogens is 1. The van der Waals surface area contributed by atoms with E-state index < -0.39 is 0 Å². The van der Waals surface area contributed by atoms with Crippen molar-refractivity contribution in [2.75, 3.05) is 7.11 Å². The van der Waals surface area contributed by atoms with Crippen molar-refractivity contribution in [3.05, 3.63) is 35.5 Å². The standard InChI is InChI=1S/C13H12N2O/c1-3-10-7-13(16-2)11-6-9(8-14)4-5-12(11)15-10/h4-7H,3H2,1-2H3. The molecule has 0 fully saturated rings. The molecule has 1 heterocycles. The Morgan fingerprint density at radius 2 is 2.19 bits per heavy atom. The number of nitriles is 1. The van der Waals surface area contributed by atoms with Gasteiger partial charge in [0.05, 0.1) is 24.3 Å². The second kappa shape index (κ2) is 4.19. The van der Waals surface area contributed by atoms with E-state index in [0.29, 0.717) is 5.56 Å². The van der Waals surface area contributed by atoms with Gasteiger partial charge in [-0.3, -0.25) is 4.98 Å². The molecular weight excluding hydrogens is 200 g/mol. The van der Waals surface area contributed by atoms with Gasteiger partial charge >= 0.3 is 0 Å². The van der Waals surface area contributed by atoms with Gasteiger partial charge in [0.1, 0.15) is 5.75 Å². The number of fused-ring (bicyclic) bond motifs is 1. The molecule has 0 radical (unpaired) electrons. The smallest absolute Gasteiger partial charge is 0.130 e. The second-order valence-electron chi connectivity index (χ2n) is 3.51. The van der Waals surface area contributed by atoms with Gasteiger partial charge in [0, 0.05) is 17.1 Å². The van der Waals surface area contributed by atoms with Crippen molar-refractivity contribution in [3.8, 4) is 11.8 Å². The van der Waals surface area contributed by atoms with Crippen LogP contribution < -0.4 is 4.74 Å². The third-order valence-corrected chi connectivity index (χ3v) is 2.54. The van der Waals surface area contributed by atoms with Gasteiger partial charge in [-0.15, -0.1) is 0 Å². The van der Waals surface area contributed by atoms with Crippen LogP contribution >= 0.6 is 0 Å². The maximum absolute atomic E-state index is 8.85. The number of ether oxygens (including phenoxy) is 1. The number of nitrogens with zero attached hydrogens (tertiary/aromatic N) is 2. The summed E-state index contributed by atoms with van der Waals surface area (Å²) in [7, 11) is 1.63. The zero-order valence-electron chi connectivity index (χ0n) is 9.32. The fourth-order valence-electron chi connectivity index (χ4n) is 1.67. The second-order valence-corrected chi connectivity index (χ2v) is 3.51. The Morgan fingerprint density at radius 3 is 2.81 bits per heavy atom. The molecule has 3 nitrogen and oxygen atoms in total. The lowest BCUT2D eigenvalue weighted by atomic mass is 10.1. The van der Waals surface area contributed by atoms with E-state index in [9.17, 15) is 0 Å². The summed E-state index contributed by atoms with van der Waals surface area (Å²) in [5.74, 6) is 0.777. The number of pyridine rings is 1. The molecule has 0 aliphatic carbocycles. The summed E-state index contributed by atoms with van der Waals surface area (Å²) in [6, 6.07) is 9.47. The van der Waals surface area contributed by atoms with Crippen molar-refractivity contribution in [1.82, 2.24) is 4.98 Å². The first-order chi connectivity index (χ1) is 7.78. The number of hydrogen-bond donors (Lipinski definition) is 0. The maximum Gasteiger partial charge on any atom is 0.130 e. The van der Waals surface area contributed by atoms with Crippen LogP contribution in [-0.2, 0) is 6.42 Å². The molecule has 3 heteroatoms. The van der Waals surface area contributed by atoms with Crippen LogP contribution in [0.4, 0.5) is 0 Å². The molecule has 80 valence electrons. The van der Waals surface area contributed by atoms with Crippen LogP contribution in [0.1, 0.15) is 18.2 Å². The van der Waals surface area contributed by atoms with E-state index in [1.54, 1.807) is 19.2 Å². The SMILES string of the molecule is CCc1cc(OC)c2cc(C#N)ccc2n1. The van der Waals surface area contributed by atoms with E-state index >= 15 is 0 Å². The topological polar surface area (TPSA) is 45.9 Å². The molecule has 16 heavy (non-hydrogen) atoms. The van der Waals surface area contributed by atoms with Gasteiger partial charge in [-0.05, 0) is 24.6 Å². The van der Waals surface area contributed by atoms with Crippen LogP contribution in [0.5, 0.6) is 5.75 Å². The summed E-state index contributed by atoms with van der Waals surface area (Å²) in [6.45, 7) is 2.05. The van der Waals surface area contributed by atoms with Crippen LogP contribution in [-0.4, -0.2) is 12.1 Å². The Kier molecular flexibility index (Phi) is 2.74. The van der Waals surface area contributed by atoms with Crippen LogP contribution in [0, 0.1) is 11.3 Å². The van der Waals surface area contributed by atoms with E-state index in [1.165, 1.54) is 0 Å². The van der Waals surface area contributed by atoms with Crippen molar-refractivity contribution in [2.45, 2.75) is 13.3 Å². The van der Waals surface area contributed by atoms with E-state index in [2.05, 4.69) is 18.0 Å². The van der Waals surface area contributed by atoms with Gasteiger partial charge in [-0.1, -0.05) is 6.92 Å². The molecule has 0 bridgehead atoms. The Labute approximate surface area is 94.3 Å². The molecule has 0 unspecified atom stereocenters. The summed E-state index contributed by atoms with van der Waals surface area (Å²) >= 11 is 0. The normalized spacial score (nSPS) is 10.1. The fourth-order valence-corrected chi connectivity index (χ4v) is 1.67. The number of hydrogen-bond acceptors (Lipinski definition) is 3. The van der Waals surface area contributed by atoms with Gasteiger partial charge < -0.3 is 4.74 Å².